The fourth-order valence-corrected chi connectivity index (χ4v) is 3.42. The standard InChI is InChI=1S/C16H28N4O2S.HI/c1-4-5-10-18-16(17)19-11-14-6-8-15(9-7-14)12-23(21,22)20-13(2)3;/h6-9,13,20H,4-5,10-12H2,1-3H3,(H3,17,18,19);1H. The average molecular weight is 468 g/mol. The van der Waals surface area contributed by atoms with Gasteiger partial charge in [-0.1, -0.05) is 37.6 Å². The minimum Gasteiger partial charge on any atom is -0.370 e. The molecule has 0 fully saturated rings. The number of benzene rings is 1. The van der Waals surface area contributed by atoms with E-state index in [-0.39, 0.29) is 35.8 Å². The second-order valence-electron chi connectivity index (χ2n) is 5.83. The zero-order chi connectivity index (χ0) is 17.3. The Morgan fingerprint density at radius 3 is 2.33 bits per heavy atom. The van der Waals surface area contributed by atoms with Crippen molar-refractivity contribution in [2.24, 2.45) is 10.7 Å². The van der Waals surface area contributed by atoms with Crippen LogP contribution in [-0.4, -0.2) is 27.0 Å². The maximum absolute atomic E-state index is 11.9. The summed E-state index contributed by atoms with van der Waals surface area (Å²) in [6.45, 7) is 7.02. The maximum atomic E-state index is 11.9. The first-order valence-electron chi connectivity index (χ1n) is 7.94. The molecule has 0 saturated carbocycles. The number of nitrogens with zero attached hydrogens (tertiary/aromatic N) is 1. The highest BCUT2D eigenvalue weighted by Crippen LogP contribution is 2.09. The Morgan fingerprint density at radius 2 is 1.79 bits per heavy atom. The van der Waals surface area contributed by atoms with Crippen molar-refractivity contribution in [1.29, 1.82) is 0 Å². The lowest BCUT2D eigenvalue weighted by Gasteiger charge is -2.09. The summed E-state index contributed by atoms with van der Waals surface area (Å²) in [6.07, 6.45) is 2.17. The normalized spacial score (nSPS) is 12.1. The van der Waals surface area contributed by atoms with Crippen molar-refractivity contribution in [3.05, 3.63) is 35.4 Å². The molecule has 24 heavy (non-hydrogen) atoms. The van der Waals surface area contributed by atoms with Crippen molar-refractivity contribution >= 4 is 40.0 Å². The molecule has 0 spiro atoms. The highest BCUT2D eigenvalue weighted by molar-refractivity contribution is 14.0. The van der Waals surface area contributed by atoms with Gasteiger partial charge in [-0.25, -0.2) is 18.1 Å². The molecular weight excluding hydrogens is 439 g/mol. The Morgan fingerprint density at radius 1 is 1.21 bits per heavy atom. The monoisotopic (exact) mass is 468 g/mol. The molecule has 1 aromatic carbocycles. The van der Waals surface area contributed by atoms with Crippen molar-refractivity contribution in [1.82, 2.24) is 10.0 Å². The van der Waals surface area contributed by atoms with Gasteiger partial charge in [0.15, 0.2) is 5.96 Å². The van der Waals surface area contributed by atoms with Crippen LogP contribution in [0, 0.1) is 0 Å². The van der Waals surface area contributed by atoms with Crippen LogP contribution in [0.25, 0.3) is 0 Å². The van der Waals surface area contributed by atoms with Crippen LogP contribution in [0.4, 0.5) is 0 Å². The smallest absolute Gasteiger partial charge is 0.216 e. The Hall–Kier alpha value is -0.870. The largest absolute Gasteiger partial charge is 0.370 e. The summed E-state index contributed by atoms with van der Waals surface area (Å²) in [7, 11) is -3.29. The van der Waals surface area contributed by atoms with Crippen LogP contribution in [0.5, 0.6) is 0 Å². The summed E-state index contributed by atoms with van der Waals surface area (Å²) >= 11 is 0. The van der Waals surface area contributed by atoms with Crippen molar-refractivity contribution < 1.29 is 8.42 Å². The molecule has 0 amide bonds. The summed E-state index contributed by atoms with van der Waals surface area (Å²) in [4.78, 5) is 4.26. The van der Waals surface area contributed by atoms with Crippen LogP contribution < -0.4 is 15.8 Å². The zero-order valence-corrected chi connectivity index (χ0v) is 17.7. The van der Waals surface area contributed by atoms with E-state index < -0.39 is 10.0 Å². The first-order chi connectivity index (χ1) is 10.8. The second-order valence-corrected chi connectivity index (χ2v) is 7.58. The van der Waals surface area contributed by atoms with Crippen molar-refractivity contribution in [2.45, 2.75) is 52.0 Å². The van der Waals surface area contributed by atoms with E-state index in [1.807, 2.05) is 24.3 Å². The summed E-state index contributed by atoms with van der Waals surface area (Å²) in [5.41, 5.74) is 7.51. The van der Waals surface area contributed by atoms with E-state index in [0.29, 0.717) is 12.5 Å². The molecule has 0 unspecified atom stereocenters. The van der Waals surface area contributed by atoms with Crippen LogP contribution in [-0.2, 0) is 22.3 Å². The van der Waals surface area contributed by atoms with E-state index in [0.717, 1.165) is 30.5 Å². The van der Waals surface area contributed by atoms with Gasteiger partial charge in [0.25, 0.3) is 0 Å². The molecule has 0 aliphatic carbocycles. The van der Waals surface area contributed by atoms with Gasteiger partial charge in [0.05, 0.1) is 12.3 Å². The molecule has 0 aliphatic heterocycles. The first kappa shape index (κ1) is 23.1. The van der Waals surface area contributed by atoms with E-state index in [1.165, 1.54) is 0 Å². The molecule has 6 nitrogen and oxygen atoms in total. The molecule has 0 aliphatic rings. The van der Waals surface area contributed by atoms with E-state index >= 15 is 0 Å². The quantitative estimate of drug-likeness (QED) is 0.224. The predicted octanol–water partition coefficient (Wildman–Crippen LogP) is 2.34. The van der Waals surface area contributed by atoms with Crippen LogP contribution >= 0.6 is 24.0 Å². The molecule has 0 aromatic heterocycles. The summed E-state index contributed by atoms with van der Waals surface area (Å²) in [5.74, 6) is 0.418. The van der Waals surface area contributed by atoms with Crippen molar-refractivity contribution in [3.8, 4) is 0 Å². The number of hydrogen-bond acceptors (Lipinski definition) is 3. The number of unbranched alkanes of at least 4 members (excludes halogenated alkanes) is 1. The van der Waals surface area contributed by atoms with Crippen LogP contribution in [0.15, 0.2) is 29.3 Å². The van der Waals surface area contributed by atoms with Crippen molar-refractivity contribution in [2.75, 3.05) is 6.54 Å². The van der Waals surface area contributed by atoms with Gasteiger partial charge in [0.1, 0.15) is 0 Å². The molecule has 4 N–H and O–H groups in total. The average Bonchev–Trinajstić information content (AvgIpc) is 2.45. The van der Waals surface area contributed by atoms with E-state index in [9.17, 15) is 8.42 Å². The number of nitrogens with one attached hydrogen (secondary N) is 2. The molecule has 8 heteroatoms. The van der Waals surface area contributed by atoms with Crippen LogP contribution in [0.1, 0.15) is 44.7 Å². The van der Waals surface area contributed by atoms with Gasteiger partial charge < -0.3 is 11.1 Å². The SMILES string of the molecule is CCCCNC(N)=NCc1ccc(CS(=O)(=O)NC(C)C)cc1.I. The lowest BCUT2D eigenvalue weighted by molar-refractivity contribution is 0.569. The highest BCUT2D eigenvalue weighted by atomic mass is 127. The molecule has 0 saturated heterocycles. The molecule has 0 radical (unpaired) electrons. The maximum Gasteiger partial charge on any atom is 0.216 e. The number of hydrogen-bond donors (Lipinski definition) is 3. The topological polar surface area (TPSA) is 96.6 Å². The lowest BCUT2D eigenvalue weighted by atomic mass is 10.1. The summed E-state index contributed by atoms with van der Waals surface area (Å²) in [5, 5.41) is 3.05. The molecule has 0 atom stereocenters. The number of aliphatic imine (C=N–C) groups is 1. The van der Waals surface area contributed by atoms with Gasteiger partial charge in [-0.05, 0) is 31.4 Å². The number of halogens is 1. The van der Waals surface area contributed by atoms with Gasteiger partial charge >= 0.3 is 0 Å². The fourth-order valence-electron chi connectivity index (χ4n) is 1.99. The highest BCUT2D eigenvalue weighted by Gasteiger charge is 2.12. The lowest BCUT2D eigenvalue weighted by Crippen LogP contribution is -2.32. The fraction of sp³-hybridized carbons (Fsp3) is 0.562. The Balaban J connectivity index is 0.00000529. The molecule has 1 rings (SSSR count). The van der Waals surface area contributed by atoms with Gasteiger partial charge in [-0.15, -0.1) is 24.0 Å². The van der Waals surface area contributed by atoms with Crippen molar-refractivity contribution in [3.63, 3.8) is 0 Å². The molecule has 1 aromatic rings. The molecular formula is C16H29IN4O2S. The number of nitrogens with two attached hydrogens (primary N) is 1. The molecule has 138 valence electrons. The van der Waals surface area contributed by atoms with Gasteiger partial charge in [0.2, 0.25) is 10.0 Å². The molecule has 0 heterocycles. The summed E-state index contributed by atoms with van der Waals surface area (Å²) < 4.78 is 26.3. The van der Waals surface area contributed by atoms with Gasteiger partial charge in [-0.2, -0.15) is 0 Å². The third-order valence-corrected chi connectivity index (χ3v) is 4.61. The molecule has 0 bridgehead atoms. The summed E-state index contributed by atoms with van der Waals surface area (Å²) in [6, 6.07) is 7.28. The number of rotatable bonds is 9. The van der Waals surface area contributed by atoms with Crippen LogP contribution in [0.3, 0.4) is 0 Å². The van der Waals surface area contributed by atoms with Gasteiger partial charge in [-0.3, -0.25) is 0 Å². The Labute approximate surface area is 162 Å². The van der Waals surface area contributed by atoms with E-state index in [2.05, 4.69) is 22.0 Å². The third-order valence-electron chi connectivity index (χ3n) is 3.06. The Kier molecular flexibility index (Phi) is 11.2. The van der Waals surface area contributed by atoms with E-state index in [4.69, 9.17) is 5.73 Å². The minimum absolute atomic E-state index is 0. The van der Waals surface area contributed by atoms with Gasteiger partial charge in [0, 0.05) is 12.6 Å². The Bertz CT molecular complexity index is 601. The van der Waals surface area contributed by atoms with E-state index in [1.54, 1.807) is 13.8 Å². The number of sulfonamides is 1. The zero-order valence-electron chi connectivity index (χ0n) is 14.6. The predicted molar refractivity (Wildman–Crippen MR) is 111 cm³/mol. The number of guanidine groups is 1. The van der Waals surface area contributed by atoms with Crippen LogP contribution in [0.2, 0.25) is 0 Å². The first-order valence-corrected chi connectivity index (χ1v) is 9.59. The minimum atomic E-state index is -3.29. The third kappa shape index (κ3) is 10.1. The second kappa shape index (κ2) is 11.6.